The largest absolute Gasteiger partial charge is 0.457 e. The molecule has 0 unspecified atom stereocenters. The van der Waals surface area contributed by atoms with E-state index in [1.807, 2.05) is 66.7 Å². The number of esters is 1. The van der Waals surface area contributed by atoms with Crippen molar-refractivity contribution >= 4 is 27.8 Å². The maximum atomic E-state index is 12.2. The number of hydrogen-bond acceptors (Lipinski definition) is 2. The van der Waals surface area contributed by atoms with Crippen LogP contribution < -0.4 is 0 Å². The standard InChI is InChI=1S/C20H15NO2/c22-20(23-13-14-6-2-1-3-7-14)15-10-11-17-16-8-4-5-9-18(16)21-19(17)12-15/h1-12,21H,13H2. The van der Waals surface area contributed by atoms with Crippen molar-refractivity contribution in [1.82, 2.24) is 4.98 Å². The Labute approximate surface area is 133 Å². The fourth-order valence-corrected chi connectivity index (χ4v) is 2.79. The van der Waals surface area contributed by atoms with E-state index in [-0.39, 0.29) is 12.6 Å². The zero-order valence-electron chi connectivity index (χ0n) is 12.5. The summed E-state index contributed by atoms with van der Waals surface area (Å²) in [6.07, 6.45) is 0. The van der Waals surface area contributed by atoms with Crippen LogP contribution in [0.2, 0.25) is 0 Å². The Morgan fingerprint density at radius 2 is 1.57 bits per heavy atom. The highest BCUT2D eigenvalue weighted by Crippen LogP contribution is 2.26. The highest BCUT2D eigenvalue weighted by Gasteiger charge is 2.10. The molecule has 0 aliphatic carbocycles. The third-order valence-electron chi connectivity index (χ3n) is 3.95. The molecule has 0 fully saturated rings. The zero-order chi connectivity index (χ0) is 15.6. The van der Waals surface area contributed by atoms with Crippen molar-refractivity contribution in [3.63, 3.8) is 0 Å². The summed E-state index contributed by atoms with van der Waals surface area (Å²) in [6.45, 7) is 0.282. The lowest BCUT2D eigenvalue weighted by atomic mass is 10.1. The van der Waals surface area contributed by atoms with Gasteiger partial charge in [-0.25, -0.2) is 4.79 Å². The van der Waals surface area contributed by atoms with Gasteiger partial charge in [-0.3, -0.25) is 0 Å². The van der Waals surface area contributed by atoms with Crippen molar-refractivity contribution in [2.45, 2.75) is 6.61 Å². The van der Waals surface area contributed by atoms with E-state index < -0.39 is 0 Å². The lowest BCUT2D eigenvalue weighted by molar-refractivity contribution is 0.0473. The third-order valence-corrected chi connectivity index (χ3v) is 3.95. The molecule has 1 aromatic heterocycles. The minimum atomic E-state index is -0.311. The van der Waals surface area contributed by atoms with Gasteiger partial charge in [-0.15, -0.1) is 0 Å². The number of carbonyl (C=O) groups excluding carboxylic acids is 1. The summed E-state index contributed by atoms with van der Waals surface area (Å²) >= 11 is 0. The van der Waals surface area contributed by atoms with E-state index in [4.69, 9.17) is 4.74 Å². The van der Waals surface area contributed by atoms with Crippen molar-refractivity contribution in [3.8, 4) is 0 Å². The molecule has 4 rings (SSSR count). The number of fused-ring (bicyclic) bond motifs is 3. The van der Waals surface area contributed by atoms with Crippen molar-refractivity contribution in [3.05, 3.63) is 83.9 Å². The van der Waals surface area contributed by atoms with Crippen LogP contribution in [0.15, 0.2) is 72.8 Å². The van der Waals surface area contributed by atoms with Gasteiger partial charge in [-0.2, -0.15) is 0 Å². The summed E-state index contributed by atoms with van der Waals surface area (Å²) in [4.78, 5) is 15.6. The maximum absolute atomic E-state index is 12.2. The van der Waals surface area contributed by atoms with Crippen molar-refractivity contribution in [2.24, 2.45) is 0 Å². The lowest BCUT2D eigenvalue weighted by Crippen LogP contribution is -2.05. The van der Waals surface area contributed by atoms with Crippen LogP contribution in [0.1, 0.15) is 15.9 Å². The van der Waals surface area contributed by atoms with E-state index in [2.05, 4.69) is 11.1 Å². The first-order valence-corrected chi connectivity index (χ1v) is 7.53. The Morgan fingerprint density at radius 1 is 0.826 bits per heavy atom. The van der Waals surface area contributed by atoms with Gasteiger partial charge in [0.15, 0.2) is 0 Å². The summed E-state index contributed by atoms with van der Waals surface area (Å²) in [7, 11) is 0. The highest BCUT2D eigenvalue weighted by molar-refractivity contribution is 6.08. The Morgan fingerprint density at radius 3 is 2.43 bits per heavy atom. The zero-order valence-corrected chi connectivity index (χ0v) is 12.5. The predicted molar refractivity (Wildman–Crippen MR) is 91.4 cm³/mol. The summed E-state index contributed by atoms with van der Waals surface area (Å²) in [5.41, 5.74) is 3.55. The first-order valence-electron chi connectivity index (χ1n) is 7.53. The molecule has 0 amide bonds. The SMILES string of the molecule is O=C(OCc1ccccc1)c1ccc2c(c1)[nH]c1ccccc12. The summed E-state index contributed by atoms with van der Waals surface area (Å²) < 4.78 is 5.38. The van der Waals surface area contributed by atoms with Gasteiger partial charge < -0.3 is 9.72 Å². The monoisotopic (exact) mass is 301 g/mol. The Kier molecular flexibility index (Phi) is 3.31. The van der Waals surface area contributed by atoms with Crippen molar-refractivity contribution < 1.29 is 9.53 Å². The first kappa shape index (κ1) is 13.6. The fraction of sp³-hybridized carbons (Fsp3) is 0.0500. The van der Waals surface area contributed by atoms with Crippen LogP contribution in [0.25, 0.3) is 21.8 Å². The predicted octanol–water partition coefficient (Wildman–Crippen LogP) is 4.68. The van der Waals surface area contributed by atoms with Crippen LogP contribution in [-0.2, 0) is 11.3 Å². The molecule has 3 aromatic carbocycles. The van der Waals surface area contributed by atoms with Crippen LogP contribution in [0, 0.1) is 0 Å². The number of nitrogens with one attached hydrogen (secondary N) is 1. The average Bonchev–Trinajstić information content (AvgIpc) is 2.98. The van der Waals surface area contributed by atoms with Crippen LogP contribution in [-0.4, -0.2) is 11.0 Å². The normalized spacial score (nSPS) is 11.0. The Hall–Kier alpha value is -3.07. The maximum Gasteiger partial charge on any atom is 0.338 e. The van der Waals surface area contributed by atoms with Gasteiger partial charge in [0.2, 0.25) is 0 Å². The number of para-hydroxylation sites is 1. The van der Waals surface area contributed by atoms with E-state index in [1.54, 1.807) is 0 Å². The van der Waals surface area contributed by atoms with Gasteiger partial charge in [-0.1, -0.05) is 54.6 Å². The molecule has 0 aliphatic heterocycles. The molecule has 0 atom stereocenters. The van der Waals surface area contributed by atoms with Gasteiger partial charge in [-0.05, 0) is 23.8 Å². The molecular weight excluding hydrogens is 286 g/mol. The molecule has 0 aliphatic rings. The topological polar surface area (TPSA) is 42.1 Å². The first-order chi connectivity index (χ1) is 11.3. The lowest BCUT2D eigenvalue weighted by Gasteiger charge is -2.05. The van der Waals surface area contributed by atoms with Gasteiger partial charge in [0.25, 0.3) is 0 Å². The molecule has 0 bridgehead atoms. The van der Waals surface area contributed by atoms with Gasteiger partial charge in [0, 0.05) is 21.8 Å². The third kappa shape index (κ3) is 2.57. The van der Waals surface area contributed by atoms with Crippen molar-refractivity contribution in [2.75, 3.05) is 0 Å². The minimum Gasteiger partial charge on any atom is -0.457 e. The van der Waals surface area contributed by atoms with E-state index in [0.717, 1.165) is 27.4 Å². The number of benzene rings is 3. The number of H-pyrrole nitrogens is 1. The van der Waals surface area contributed by atoms with Gasteiger partial charge >= 0.3 is 5.97 Å². The van der Waals surface area contributed by atoms with E-state index in [1.165, 1.54) is 0 Å². The molecule has 3 heteroatoms. The molecule has 0 saturated carbocycles. The fourth-order valence-electron chi connectivity index (χ4n) is 2.79. The van der Waals surface area contributed by atoms with Crippen LogP contribution in [0.4, 0.5) is 0 Å². The number of aromatic nitrogens is 1. The van der Waals surface area contributed by atoms with Crippen LogP contribution in [0.3, 0.4) is 0 Å². The van der Waals surface area contributed by atoms with Crippen LogP contribution >= 0.6 is 0 Å². The number of hydrogen-bond donors (Lipinski definition) is 1. The molecule has 112 valence electrons. The van der Waals surface area contributed by atoms with Gasteiger partial charge in [0.1, 0.15) is 6.61 Å². The minimum absolute atomic E-state index is 0.282. The van der Waals surface area contributed by atoms with Gasteiger partial charge in [0.05, 0.1) is 5.56 Å². The van der Waals surface area contributed by atoms with E-state index in [0.29, 0.717) is 5.56 Å². The summed E-state index contributed by atoms with van der Waals surface area (Å²) in [5, 5.41) is 2.27. The van der Waals surface area contributed by atoms with E-state index in [9.17, 15) is 4.79 Å². The second-order valence-corrected chi connectivity index (χ2v) is 5.49. The molecule has 3 nitrogen and oxygen atoms in total. The Bertz CT molecular complexity index is 986. The summed E-state index contributed by atoms with van der Waals surface area (Å²) in [5.74, 6) is -0.311. The Balaban J connectivity index is 1.61. The molecular formula is C20H15NO2. The number of rotatable bonds is 3. The average molecular weight is 301 g/mol. The molecule has 1 N–H and O–H groups in total. The molecule has 0 saturated heterocycles. The molecule has 4 aromatic rings. The molecule has 23 heavy (non-hydrogen) atoms. The molecule has 0 spiro atoms. The highest BCUT2D eigenvalue weighted by atomic mass is 16.5. The molecule has 0 radical (unpaired) electrons. The van der Waals surface area contributed by atoms with Crippen LogP contribution in [0.5, 0.6) is 0 Å². The second-order valence-electron chi connectivity index (χ2n) is 5.49. The number of carbonyl (C=O) groups is 1. The smallest absolute Gasteiger partial charge is 0.338 e. The quantitative estimate of drug-likeness (QED) is 0.558. The number of ether oxygens (including phenoxy) is 1. The van der Waals surface area contributed by atoms with Crippen molar-refractivity contribution in [1.29, 1.82) is 0 Å². The second kappa shape index (κ2) is 5.61. The molecule has 1 heterocycles. The van der Waals surface area contributed by atoms with E-state index >= 15 is 0 Å². The number of aromatic amines is 1. The summed E-state index contributed by atoms with van der Waals surface area (Å²) in [6, 6.07) is 23.4.